The first-order chi connectivity index (χ1) is 13.4. The first-order valence-corrected chi connectivity index (χ1v) is 8.44. The summed E-state index contributed by atoms with van der Waals surface area (Å²) in [5, 5.41) is 14.8. The molecule has 2 aromatic carbocycles. The van der Waals surface area contributed by atoms with Crippen LogP contribution in [0.5, 0.6) is 5.75 Å². The summed E-state index contributed by atoms with van der Waals surface area (Å²) < 4.78 is 10.6. The summed E-state index contributed by atoms with van der Waals surface area (Å²) in [5.41, 5.74) is 1.28. The third-order valence-corrected chi connectivity index (χ3v) is 4.03. The number of hydrogen-bond acceptors (Lipinski definition) is 7. The Hall–Kier alpha value is -3.75. The smallest absolute Gasteiger partial charge is 0.272 e. The van der Waals surface area contributed by atoms with Crippen LogP contribution in [0.1, 0.15) is 11.5 Å². The fourth-order valence-corrected chi connectivity index (χ4v) is 2.49. The molecule has 0 bridgehead atoms. The molecule has 0 saturated carbocycles. The molecule has 9 nitrogen and oxygen atoms in total. The number of aromatic nitrogens is 2. The van der Waals surface area contributed by atoms with Crippen molar-refractivity contribution in [3.8, 4) is 17.1 Å². The van der Waals surface area contributed by atoms with Gasteiger partial charge in [-0.05, 0) is 19.1 Å². The van der Waals surface area contributed by atoms with Crippen molar-refractivity contribution in [3.05, 3.63) is 70.1 Å². The van der Waals surface area contributed by atoms with Gasteiger partial charge in [0.05, 0.1) is 11.5 Å². The molecule has 0 unspecified atom stereocenters. The van der Waals surface area contributed by atoms with Crippen LogP contribution < -0.4 is 4.74 Å². The van der Waals surface area contributed by atoms with Gasteiger partial charge in [0.15, 0.2) is 6.61 Å². The lowest BCUT2D eigenvalue weighted by molar-refractivity contribution is -0.385. The molecule has 9 heteroatoms. The number of nitrogens with zero attached hydrogens (tertiary/aromatic N) is 4. The number of carbonyl (C=O) groups is 1. The van der Waals surface area contributed by atoms with Crippen LogP contribution >= 0.6 is 0 Å². The van der Waals surface area contributed by atoms with Crippen molar-refractivity contribution < 1.29 is 19.0 Å². The summed E-state index contributed by atoms with van der Waals surface area (Å²) in [4.78, 5) is 28.3. The highest BCUT2D eigenvalue weighted by Crippen LogP contribution is 2.23. The normalized spacial score (nSPS) is 10.5. The Balaban J connectivity index is 1.56. The topological polar surface area (TPSA) is 112 Å². The van der Waals surface area contributed by atoms with Gasteiger partial charge in [-0.1, -0.05) is 35.5 Å². The zero-order valence-corrected chi connectivity index (χ0v) is 15.4. The Kier molecular flexibility index (Phi) is 5.64. The monoisotopic (exact) mass is 382 g/mol. The van der Waals surface area contributed by atoms with Gasteiger partial charge in [0.25, 0.3) is 11.6 Å². The lowest BCUT2D eigenvalue weighted by Crippen LogP contribution is -2.31. The summed E-state index contributed by atoms with van der Waals surface area (Å²) in [7, 11) is 1.60. The van der Waals surface area contributed by atoms with Crippen molar-refractivity contribution in [1.82, 2.24) is 15.0 Å². The van der Waals surface area contributed by atoms with Crippen LogP contribution in [0.4, 0.5) is 5.69 Å². The molecule has 1 aromatic heterocycles. The van der Waals surface area contributed by atoms with E-state index in [-0.39, 0.29) is 24.7 Å². The lowest BCUT2D eigenvalue weighted by Gasteiger charge is -2.15. The van der Waals surface area contributed by atoms with E-state index in [1.807, 2.05) is 30.3 Å². The second-order valence-corrected chi connectivity index (χ2v) is 6.12. The SMILES string of the molecule is Cc1cc(OCC(=O)N(C)Cc2nc(-c3ccccc3)no2)ccc1[N+](=O)[O-]. The Morgan fingerprint density at radius 1 is 1.25 bits per heavy atom. The average molecular weight is 382 g/mol. The number of likely N-dealkylation sites (N-methyl/N-ethyl adjacent to an activating group) is 1. The van der Waals surface area contributed by atoms with Crippen molar-refractivity contribution in [2.24, 2.45) is 0 Å². The van der Waals surface area contributed by atoms with Crippen LogP contribution in [0, 0.1) is 17.0 Å². The Labute approximate surface area is 160 Å². The minimum Gasteiger partial charge on any atom is -0.484 e. The van der Waals surface area contributed by atoms with Crippen LogP contribution in [0.25, 0.3) is 11.4 Å². The van der Waals surface area contributed by atoms with Gasteiger partial charge in [-0.15, -0.1) is 0 Å². The fourth-order valence-electron chi connectivity index (χ4n) is 2.49. The van der Waals surface area contributed by atoms with E-state index in [4.69, 9.17) is 9.26 Å². The minimum atomic E-state index is -0.466. The van der Waals surface area contributed by atoms with Gasteiger partial charge < -0.3 is 14.2 Å². The number of amides is 1. The molecule has 28 heavy (non-hydrogen) atoms. The number of nitro groups is 1. The quantitative estimate of drug-likeness (QED) is 0.456. The molecule has 0 radical (unpaired) electrons. The van der Waals surface area contributed by atoms with E-state index >= 15 is 0 Å². The van der Waals surface area contributed by atoms with E-state index in [0.29, 0.717) is 23.0 Å². The fraction of sp³-hybridized carbons (Fsp3) is 0.211. The average Bonchev–Trinajstić information content (AvgIpc) is 3.15. The highest BCUT2D eigenvalue weighted by atomic mass is 16.6. The third-order valence-electron chi connectivity index (χ3n) is 4.03. The minimum absolute atomic E-state index is 0.00130. The first kappa shape index (κ1) is 19.0. The van der Waals surface area contributed by atoms with E-state index in [9.17, 15) is 14.9 Å². The first-order valence-electron chi connectivity index (χ1n) is 8.44. The van der Waals surface area contributed by atoms with Gasteiger partial charge in [0.1, 0.15) is 5.75 Å². The number of aryl methyl sites for hydroxylation is 1. The highest BCUT2D eigenvalue weighted by Gasteiger charge is 2.16. The maximum atomic E-state index is 12.3. The summed E-state index contributed by atoms with van der Waals surface area (Å²) in [5.74, 6) is 0.847. The second kappa shape index (κ2) is 8.30. The zero-order valence-electron chi connectivity index (χ0n) is 15.4. The van der Waals surface area contributed by atoms with E-state index < -0.39 is 4.92 Å². The van der Waals surface area contributed by atoms with Gasteiger partial charge in [-0.25, -0.2) is 0 Å². The van der Waals surface area contributed by atoms with Crippen LogP contribution in [-0.4, -0.2) is 39.5 Å². The van der Waals surface area contributed by atoms with Crippen molar-refractivity contribution in [2.45, 2.75) is 13.5 Å². The number of ether oxygens (including phenoxy) is 1. The predicted octanol–water partition coefficient (Wildman–Crippen LogP) is 2.99. The summed E-state index contributed by atoms with van der Waals surface area (Å²) in [6.45, 7) is 1.54. The predicted molar refractivity (Wildman–Crippen MR) is 99.5 cm³/mol. The highest BCUT2D eigenvalue weighted by molar-refractivity contribution is 5.77. The van der Waals surface area contributed by atoms with Crippen LogP contribution in [0.2, 0.25) is 0 Å². The Morgan fingerprint density at radius 3 is 2.68 bits per heavy atom. The molecular formula is C19H18N4O5. The molecule has 1 amide bonds. The standard InChI is InChI=1S/C19H18N4O5/c1-13-10-15(8-9-16(13)23(25)26)27-12-18(24)22(2)11-17-20-19(21-28-17)14-6-4-3-5-7-14/h3-10H,11-12H2,1-2H3. The van der Waals surface area contributed by atoms with Crippen molar-refractivity contribution in [2.75, 3.05) is 13.7 Å². The molecule has 144 valence electrons. The molecule has 0 atom stereocenters. The maximum absolute atomic E-state index is 12.3. The molecular weight excluding hydrogens is 364 g/mol. The Bertz CT molecular complexity index is 987. The Morgan fingerprint density at radius 2 is 2.00 bits per heavy atom. The number of carbonyl (C=O) groups excluding carboxylic acids is 1. The molecule has 0 saturated heterocycles. The summed E-state index contributed by atoms with van der Waals surface area (Å²) >= 11 is 0. The van der Waals surface area contributed by atoms with Gasteiger partial charge in [-0.2, -0.15) is 4.98 Å². The number of rotatable bonds is 7. The van der Waals surface area contributed by atoms with Crippen LogP contribution in [0.15, 0.2) is 53.1 Å². The molecule has 0 N–H and O–H groups in total. The van der Waals surface area contributed by atoms with Gasteiger partial charge >= 0.3 is 0 Å². The van der Waals surface area contributed by atoms with Crippen LogP contribution in [-0.2, 0) is 11.3 Å². The third kappa shape index (κ3) is 4.50. The number of hydrogen-bond donors (Lipinski definition) is 0. The van der Waals surface area contributed by atoms with Gasteiger partial charge in [0, 0.05) is 24.2 Å². The molecule has 1 heterocycles. The molecule has 3 rings (SSSR count). The summed E-state index contributed by atoms with van der Waals surface area (Å²) in [6, 6.07) is 13.7. The second-order valence-electron chi connectivity index (χ2n) is 6.12. The molecule has 0 spiro atoms. The van der Waals surface area contributed by atoms with E-state index in [1.54, 1.807) is 14.0 Å². The number of benzene rings is 2. The van der Waals surface area contributed by atoms with Crippen LogP contribution in [0.3, 0.4) is 0 Å². The van der Waals surface area contributed by atoms with E-state index in [2.05, 4.69) is 10.1 Å². The molecule has 0 fully saturated rings. The zero-order chi connectivity index (χ0) is 20.1. The lowest BCUT2D eigenvalue weighted by atomic mass is 10.2. The van der Waals surface area contributed by atoms with E-state index in [0.717, 1.165) is 5.56 Å². The van der Waals surface area contributed by atoms with Gasteiger partial charge in [-0.3, -0.25) is 14.9 Å². The molecule has 0 aliphatic rings. The largest absolute Gasteiger partial charge is 0.484 e. The molecule has 0 aliphatic heterocycles. The van der Waals surface area contributed by atoms with Gasteiger partial charge in [0.2, 0.25) is 11.7 Å². The number of nitro benzene ring substituents is 1. The van der Waals surface area contributed by atoms with E-state index in [1.165, 1.54) is 23.1 Å². The maximum Gasteiger partial charge on any atom is 0.272 e. The van der Waals surface area contributed by atoms with Crippen molar-refractivity contribution in [1.29, 1.82) is 0 Å². The van der Waals surface area contributed by atoms with Crippen molar-refractivity contribution in [3.63, 3.8) is 0 Å². The molecule has 3 aromatic rings. The summed E-state index contributed by atoms with van der Waals surface area (Å²) in [6.07, 6.45) is 0. The van der Waals surface area contributed by atoms with Crippen molar-refractivity contribution >= 4 is 11.6 Å². The molecule has 0 aliphatic carbocycles.